The van der Waals surface area contributed by atoms with Gasteiger partial charge in [0.2, 0.25) is 0 Å². The van der Waals surface area contributed by atoms with Gasteiger partial charge in [-0.15, -0.1) is 0 Å². The van der Waals surface area contributed by atoms with Crippen LogP contribution in [0.2, 0.25) is 0 Å². The third-order valence-electron chi connectivity index (χ3n) is 5.95. The first-order chi connectivity index (χ1) is 13.0. The fraction of sp³-hybridized carbons (Fsp3) is 0.368. The standard InChI is InChI=1S/C19H18N4O4/c1-20-18(26)22-12-6-7-15(23(22)19(20)27)11(10-12)8-9-21-16(24)13-4-2-3-5-14(13)17(21)25/h2-7,11-12,15H,8-10H2,1H3. The van der Waals surface area contributed by atoms with Crippen molar-refractivity contribution in [3.8, 4) is 0 Å². The second kappa shape index (κ2) is 5.42. The summed E-state index contributed by atoms with van der Waals surface area (Å²) in [6, 6.07) is 6.45. The molecule has 1 aliphatic carbocycles. The lowest BCUT2D eigenvalue weighted by Crippen LogP contribution is -2.44. The molecule has 2 bridgehead atoms. The third-order valence-corrected chi connectivity index (χ3v) is 5.95. The van der Waals surface area contributed by atoms with Crippen molar-refractivity contribution in [1.29, 1.82) is 0 Å². The zero-order valence-electron chi connectivity index (χ0n) is 14.7. The van der Waals surface area contributed by atoms with Crippen molar-refractivity contribution in [2.45, 2.75) is 24.9 Å². The van der Waals surface area contributed by atoms with Gasteiger partial charge in [0.15, 0.2) is 0 Å². The number of aromatic nitrogens is 3. The minimum absolute atomic E-state index is 0.0869. The number of hydrogen-bond donors (Lipinski definition) is 0. The molecule has 4 aliphatic rings. The Hall–Kier alpha value is -3.16. The van der Waals surface area contributed by atoms with Gasteiger partial charge in [0, 0.05) is 13.6 Å². The van der Waals surface area contributed by atoms with E-state index in [9.17, 15) is 19.2 Å². The van der Waals surface area contributed by atoms with Gasteiger partial charge >= 0.3 is 11.4 Å². The van der Waals surface area contributed by atoms with Gasteiger partial charge in [-0.25, -0.2) is 23.5 Å². The number of imide groups is 1. The van der Waals surface area contributed by atoms with Gasteiger partial charge in [0.05, 0.1) is 23.2 Å². The highest BCUT2D eigenvalue weighted by Crippen LogP contribution is 2.40. The van der Waals surface area contributed by atoms with Crippen LogP contribution in [0.1, 0.15) is 45.6 Å². The number of allylic oxidation sites excluding steroid dienone is 2. The van der Waals surface area contributed by atoms with Crippen molar-refractivity contribution >= 4 is 11.8 Å². The summed E-state index contributed by atoms with van der Waals surface area (Å²) in [5.41, 5.74) is 0.254. The number of benzene rings is 1. The van der Waals surface area contributed by atoms with Gasteiger partial charge in [-0.05, 0) is 30.9 Å². The predicted octanol–water partition coefficient (Wildman–Crippen LogP) is 0.707. The van der Waals surface area contributed by atoms with Crippen molar-refractivity contribution in [2.75, 3.05) is 6.54 Å². The van der Waals surface area contributed by atoms with E-state index in [-0.39, 0.29) is 41.2 Å². The van der Waals surface area contributed by atoms with Crippen LogP contribution in [-0.2, 0) is 7.05 Å². The average Bonchev–Trinajstić information content (AvgIpc) is 3.08. The SMILES string of the molecule is Cn1c(=O)n2n(c1=O)C1C=CC2CC1CCN1C(=O)c2ccccc2C1=O. The number of fused-ring (bicyclic) bond motifs is 2. The molecule has 0 fully saturated rings. The minimum atomic E-state index is -0.329. The molecule has 0 spiro atoms. The smallest absolute Gasteiger partial charge is 0.274 e. The zero-order valence-corrected chi connectivity index (χ0v) is 14.7. The molecule has 1 aromatic carbocycles. The summed E-state index contributed by atoms with van der Waals surface area (Å²) in [4.78, 5) is 51.1. The van der Waals surface area contributed by atoms with E-state index in [0.29, 0.717) is 30.5 Å². The summed E-state index contributed by atoms with van der Waals surface area (Å²) in [5.74, 6) is -0.439. The quantitative estimate of drug-likeness (QED) is 0.591. The number of hydrogen-bond acceptors (Lipinski definition) is 4. The summed E-state index contributed by atoms with van der Waals surface area (Å²) < 4.78 is 4.16. The molecule has 2 amide bonds. The molecule has 4 heterocycles. The Balaban J connectivity index is 1.40. The molecule has 8 nitrogen and oxygen atoms in total. The number of rotatable bonds is 3. The van der Waals surface area contributed by atoms with Crippen LogP contribution in [0.3, 0.4) is 0 Å². The van der Waals surface area contributed by atoms with Gasteiger partial charge < -0.3 is 0 Å². The highest BCUT2D eigenvalue weighted by atomic mass is 16.2. The molecule has 3 unspecified atom stereocenters. The van der Waals surface area contributed by atoms with Gasteiger partial charge in [-0.1, -0.05) is 24.3 Å². The third kappa shape index (κ3) is 2.03. The van der Waals surface area contributed by atoms with Crippen molar-refractivity contribution < 1.29 is 9.59 Å². The number of carbonyl (C=O) groups is 2. The molecule has 3 aliphatic heterocycles. The highest BCUT2D eigenvalue weighted by molar-refractivity contribution is 6.21. The van der Waals surface area contributed by atoms with Crippen LogP contribution in [0.25, 0.3) is 0 Å². The van der Waals surface area contributed by atoms with E-state index < -0.39 is 0 Å². The van der Waals surface area contributed by atoms with Crippen LogP contribution in [0, 0.1) is 5.92 Å². The monoisotopic (exact) mass is 366 g/mol. The van der Waals surface area contributed by atoms with Crippen LogP contribution in [0.5, 0.6) is 0 Å². The summed E-state index contributed by atoms with van der Waals surface area (Å²) in [6.45, 7) is 0.305. The number of nitrogens with zero attached hydrogens (tertiary/aromatic N) is 4. The first kappa shape index (κ1) is 16.0. The van der Waals surface area contributed by atoms with Crippen molar-refractivity contribution in [2.24, 2.45) is 13.0 Å². The summed E-state index contributed by atoms with van der Waals surface area (Å²) >= 11 is 0. The molecule has 0 saturated heterocycles. The Morgan fingerprint density at radius 2 is 1.56 bits per heavy atom. The van der Waals surface area contributed by atoms with Gasteiger partial charge in [-0.3, -0.25) is 14.5 Å². The van der Waals surface area contributed by atoms with Crippen LogP contribution >= 0.6 is 0 Å². The van der Waals surface area contributed by atoms with Crippen LogP contribution in [0.4, 0.5) is 0 Å². The number of amides is 2. The summed E-state index contributed by atoms with van der Waals surface area (Å²) in [5, 5.41) is 0. The van der Waals surface area contributed by atoms with Crippen LogP contribution < -0.4 is 11.4 Å². The fourth-order valence-corrected chi connectivity index (χ4v) is 4.56. The maximum atomic E-state index is 12.5. The zero-order chi connectivity index (χ0) is 18.9. The molecule has 2 aromatic rings. The van der Waals surface area contributed by atoms with Gasteiger partial charge in [-0.2, -0.15) is 0 Å². The van der Waals surface area contributed by atoms with E-state index >= 15 is 0 Å². The molecule has 138 valence electrons. The van der Waals surface area contributed by atoms with E-state index in [1.165, 1.54) is 21.3 Å². The molecule has 0 saturated carbocycles. The Morgan fingerprint density at radius 1 is 0.926 bits per heavy atom. The largest absolute Gasteiger partial charge is 0.347 e. The molecule has 8 heteroatoms. The molecular formula is C19H18N4O4. The van der Waals surface area contributed by atoms with Crippen LogP contribution in [0.15, 0.2) is 46.0 Å². The molecular weight excluding hydrogens is 348 g/mol. The fourth-order valence-electron chi connectivity index (χ4n) is 4.56. The van der Waals surface area contributed by atoms with Crippen LogP contribution in [-0.4, -0.2) is 37.2 Å². The lowest BCUT2D eigenvalue weighted by Gasteiger charge is -2.40. The second-order valence-corrected chi connectivity index (χ2v) is 7.35. The summed E-state index contributed by atoms with van der Waals surface area (Å²) in [6.07, 6.45) is 5.23. The van der Waals surface area contributed by atoms with E-state index in [2.05, 4.69) is 0 Å². The Kier molecular flexibility index (Phi) is 3.22. The van der Waals surface area contributed by atoms with E-state index in [0.717, 1.165) is 4.57 Å². The van der Waals surface area contributed by atoms with E-state index in [1.807, 2.05) is 12.2 Å². The molecule has 3 atom stereocenters. The minimum Gasteiger partial charge on any atom is -0.274 e. The van der Waals surface area contributed by atoms with E-state index in [4.69, 9.17) is 0 Å². The van der Waals surface area contributed by atoms with Crippen molar-refractivity contribution in [1.82, 2.24) is 18.8 Å². The van der Waals surface area contributed by atoms with Crippen molar-refractivity contribution in [3.63, 3.8) is 0 Å². The highest BCUT2D eigenvalue weighted by Gasteiger charge is 2.41. The molecule has 1 aromatic heterocycles. The van der Waals surface area contributed by atoms with Gasteiger partial charge in [0.25, 0.3) is 11.8 Å². The molecule has 27 heavy (non-hydrogen) atoms. The Labute approximate surface area is 153 Å². The lowest BCUT2D eigenvalue weighted by molar-refractivity contribution is 0.0629. The Morgan fingerprint density at radius 3 is 2.22 bits per heavy atom. The van der Waals surface area contributed by atoms with E-state index in [1.54, 1.807) is 24.3 Å². The number of carbonyl (C=O) groups excluding carboxylic acids is 2. The maximum Gasteiger partial charge on any atom is 0.347 e. The first-order valence-electron chi connectivity index (χ1n) is 9.02. The normalized spacial score (nSPS) is 25.2. The first-order valence-corrected chi connectivity index (χ1v) is 9.02. The van der Waals surface area contributed by atoms with Gasteiger partial charge in [0.1, 0.15) is 0 Å². The Bertz CT molecular complexity index is 1100. The average molecular weight is 366 g/mol. The lowest BCUT2D eigenvalue weighted by atomic mass is 9.82. The van der Waals surface area contributed by atoms with Crippen molar-refractivity contribution in [3.05, 3.63) is 68.5 Å². The second-order valence-electron chi connectivity index (χ2n) is 7.35. The molecule has 0 N–H and O–H groups in total. The molecule has 6 rings (SSSR count). The maximum absolute atomic E-state index is 12.5. The topological polar surface area (TPSA) is 86.3 Å². The summed E-state index contributed by atoms with van der Waals surface area (Å²) in [7, 11) is 1.48. The molecule has 0 radical (unpaired) electrons. The predicted molar refractivity (Wildman–Crippen MR) is 95.7 cm³/mol.